The van der Waals surface area contributed by atoms with Gasteiger partial charge in [0.2, 0.25) is 0 Å². The molecule has 3 N–H and O–H groups in total. The van der Waals surface area contributed by atoms with Crippen molar-refractivity contribution < 1.29 is 14.9 Å². The van der Waals surface area contributed by atoms with Crippen molar-refractivity contribution in [2.24, 2.45) is 10.9 Å². The molecule has 1 aromatic rings. The van der Waals surface area contributed by atoms with Gasteiger partial charge in [-0.25, -0.2) is 0 Å². The van der Waals surface area contributed by atoms with E-state index in [2.05, 4.69) is 5.16 Å². The number of nitro groups is 1. The Morgan fingerprint density at radius 1 is 1.67 bits per heavy atom. The third-order valence-electron chi connectivity index (χ3n) is 2.47. The Morgan fingerprint density at radius 3 is 2.83 bits per heavy atom. The van der Waals surface area contributed by atoms with Crippen LogP contribution < -0.4 is 10.5 Å². The van der Waals surface area contributed by atoms with Crippen LogP contribution in [0.1, 0.15) is 18.9 Å². The first-order valence-electron chi connectivity index (χ1n) is 5.38. The summed E-state index contributed by atoms with van der Waals surface area (Å²) in [4.78, 5) is 10.2. The molecular formula is C11H15N3O4. The summed E-state index contributed by atoms with van der Waals surface area (Å²) in [6.07, 6.45) is -0.131. The van der Waals surface area contributed by atoms with Gasteiger partial charge < -0.3 is 15.7 Å². The van der Waals surface area contributed by atoms with E-state index in [1.807, 2.05) is 0 Å². The molecule has 1 rings (SSSR count). The predicted molar refractivity (Wildman–Crippen MR) is 65.9 cm³/mol. The number of ether oxygens (including phenoxy) is 1. The third-order valence-corrected chi connectivity index (χ3v) is 2.47. The van der Waals surface area contributed by atoms with Gasteiger partial charge in [0.1, 0.15) is 5.75 Å². The molecule has 7 heteroatoms. The number of rotatable bonds is 5. The fraction of sp³-hybridized carbons (Fsp3) is 0.364. The first-order valence-corrected chi connectivity index (χ1v) is 5.38. The number of aryl methyl sites for hydroxylation is 1. The van der Waals surface area contributed by atoms with Crippen molar-refractivity contribution in [3.63, 3.8) is 0 Å². The van der Waals surface area contributed by atoms with E-state index >= 15 is 0 Å². The monoisotopic (exact) mass is 253 g/mol. The second kappa shape index (κ2) is 5.85. The number of nitrogens with two attached hydrogens (primary N) is 1. The quantitative estimate of drug-likeness (QED) is 0.273. The van der Waals surface area contributed by atoms with Crippen LogP contribution in [0.4, 0.5) is 5.69 Å². The van der Waals surface area contributed by atoms with E-state index in [1.165, 1.54) is 12.1 Å². The molecular weight excluding hydrogens is 238 g/mol. The Balaban J connectivity index is 3.02. The van der Waals surface area contributed by atoms with Crippen LogP contribution in [0.25, 0.3) is 0 Å². The molecule has 0 aromatic heterocycles. The average Bonchev–Trinajstić information content (AvgIpc) is 2.36. The van der Waals surface area contributed by atoms with Gasteiger partial charge in [-0.1, -0.05) is 12.1 Å². The number of benzene rings is 1. The van der Waals surface area contributed by atoms with Crippen molar-refractivity contribution in [1.82, 2.24) is 0 Å². The molecule has 7 nitrogen and oxygen atoms in total. The van der Waals surface area contributed by atoms with Crippen LogP contribution in [0.3, 0.4) is 0 Å². The van der Waals surface area contributed by atoms with Gasteiger partial charge in [0, 0.05) is 6.07 Å². The van der Waals surface area contributed by atoms with E-state index < -0.39 is 11.0 Å². The fourth-order valence-corrected chi connectivity index (χ4v) is 1.40. The third kappa shape index (κ3) is 3.09. The lowest BCUT2D eigenvalue weighted by atomic mass is 10.2. The Morgan fingerprint density at radius 2 is 2.33 bits per heavy atom. The lowest BCUT2D eigenvalue weighted by Gasteiger charge is -2.17. The summed E-state index contributed by atoms with van der Waals surface area (Å²) in [5.41, 5.74) is 6.14. The molecule has 18 heavy (non-hydrogen) atoms. The maximum Gasteiger partial charge on any atom is 0.273 e. The minimum Gasteiger partial charge on any atom is -0.482 e. The normalized spacial score (nSPS) is 13.1. The fourth-order valence-electron chi connectivity index (χ4n) is 1.40. The number of non-ortho nitro benzene ring substituents is 1. The van der Waals surface area contributed by atoms with Crippen LogP contribution in [-0.4, -0.2) is 22.1 Å². The van der Waals surface area contributed by atoms with E-state index in [-0.39, 0.29) is 11.5 Å². The highest BCUT2D eigenvalue weighted by Crippen LogP contribution is 2.25. The Hall–Kier alpha value is -2.31. The zero-order valence-electron chi connectivity index (χ0n) is 10.2. The molecule has 1 atom stereocenters. The van der Waals surface area contributed by atoms with Gasteiger partial charge in [-0.15, -0.1) is 0 Å². The molecule has 1 unspecified atom stereocenters. The molecule has 0 saturated carbocycles. The van der Waals surface area contributed by atoms with Gasteiger partial charge in [-0.05, 0) is 25.0 Å². The highest BCUT2D eigenvalue weighted by Gasteiger charge is 2.17. The largest absolute Gasteiger partial charge is 0.482 e. The topological polar surface area (TPSA) is 111 Å². The SMILES string of the molecule is CCC(Oc1cc([N+](=O)[O-])ccc1C)C(N)=NO. The molecule has 98 valence electrons. The van der Waals surface area contributed by atoms with Gasteiger partial charge >= 0.3 is 0 Å². The summed E-state index contributed by atoms with van der Waals surface area (Å²) in [5, 5.41) is 22.2. The van der Waals surface area contributed by atoms with Crippen LogP contribution in [0, 0.1) is 17.0 Å². The van der Waals surface area contributed by atoms with Crippen molar-refractivity contribution in [3.05, 3.63) is 33.9 Å². The predicted octanol–water partition coefficient (Wildman–Crippen LogP) is 1.81. The molecule has 0 saturated heterocycles. The number of amidine groups is 1. The van der Waals surface area contributed by atoms with E-state index in [4.69, 9.17) is 15.7 Å². The molecule has 0 radical (unpaired) electrons. The molecule has 0 aliphatic heterocycles. The summed E-state index contributed by atoms with van der Waals surface area (Å²) in [6.45, 7) is 3.56. The minimum absolute atomic E-state index is 0.0649. The summed E-state index contributed by atoms with van der Waals surface area (Å²) in [5.74, 6) is 0.283. The number of nitro benzene ring substituents is 1. The summed E-state index contributed by atoms with van der Waals surface area (Å²) >= 11 is 0. The summed E-state index contributed by atoms with van der Waals surface area (Å²) in [7, 11) is 0. The van der Waals surface area contributed by atoms with Crippen LogP contribution in [0.5, 0.6) is 5.75 Å². The second-order valence-corrected chi connectivity index (χ2v) is 3.75. The van der Waals surface area contributed by atoms with Crippen molar-refractivity contribution in [2.75, 3.05) is 0 Å². The van der Waals surface area contributed by atoms with E-state index in [0.29, 0.717) is 12.2 Å². The first-order chi connectivity index (χ1) is 8.49. The van der Waals surface area contributed by atoms with Crippen LogP contribution in [0.2, 0.25) is 0 Å². The van der Waals surface area contributed by atoms with E-state index in [1.54, 1.807) is 19.9 Å². The Bertz CT molecular complexity index is 473. The van der Waals surface area contributed by atoms with Crippen LogP contribution in [-0.2, 0) is 0 Å². The molecule has 0 heterocycles. The van der Waals surface area contributed by atoms with E-state index in [9.17, 15) is 10.1 Å². The number of oxime groups is 1. The zero-order chi connectivity index (χ0) is 13.7. The summed E-state index contributed by atoms with van der Waals surface area (Å²) in [6, 6.07) is 4.31. The molecule has 0 bridgehead atoms. The molecule has 0 aliphatic rings. The lowest BCUT2D eigenvalue weighted by Crippen LogP contribution is -2.33. The van der Waals surface area contributed by atoms with Crippen molar-refractivity contribution in [2.45, 2.75) is 26.4 Å². The molecule has 0 spiro atoms. The van der Waals surface area contributed by atoms with Crippen LogP contribution in [0.15, 0.2) is 23.4 Å². The van der Waals surface area contributed by atoms with Crippen molar-refractivity contribution >= 4 is 11.5 Å². The van der Waals surface area contributed by atoms with Gasteiger partial charge in [-0.2, -0.15) is 0 Å². The van der Waals surface area contributed by atoms with Gasteiger partial charge in [-0.3, -0.25) is 10.1 Å². The smallest absolute Gasteiger partial charge is 0.273 e. The summed E-state index contributed by atoms with van der Waals surface area (Å²) < 4.78 is 5.52. The molecule has 0 amide bonds. The lowest BCUT2D eigenvalue weighted by molar-refractivity contribution is -0.385. The number of nitrogens with zero attached hydrogens (tertiary/aromatic N) is 2. The first kappa shape index (κ1) is 13.8. The Kier molecular flexibility index (Phi) is 4.47. The highest BCUT2D eigenvalue weighted by atomic mass is 16.6. The standard InChI is InChI=1S/C11H15N3O4/c1-3-9(11(12)13-15)18-10-6-8(14(16)17)5-4-7(10)2/h4-6,9,15H,3H2,1-2H3,(H2,12,13). The molecule has 0 aliphatic carbocycles. The average molecular weight is 253 g/mol. The number of hydrogen-bond donors (Lipinski definition) is 2. The van der Waals surface area contributed by atoms with Gasteiger partial charge in [0.05, 0.1) is 11.0 Å². The highest BCUT2D eigenvalue weighted by molar-refractivity contribution is 5.84. The van der Waals surface area contributed by atoms with Crippen molar-refractivity contribution in [3.8, 4) is 5.75 Å². The molecule has 1 aromatic carbocycles. The number of hydrogen-bond acceptors (Lipinski definition) is 5. The van der Waals surface area contributed by atoms with E-state index in [0.717, 1.165) is 5.56 Å². The minimum atomic E-state index is -0.615. The van der Waals surface area contributed by atoms with Gasteiger partial charge in [0.25, 0.3) is 5.69 Å². The second-order valence-electron chi connectivity index (χ2n) is 3.75. The van der Waals surface area contributed by atoms with Crippen LogP contribution >= 0.6 is 0 Å². The van der Waals surface area contributed by atoms with Gasteiger partial charge in [0.15, 0.2) is 11.9 Å². The van der Waals surface area contributed by atoms with Crippen molar-refractivity contribution in [1.29, 1.82) is 0 Å². The Labute approximate surface area is 104 Å². The zero-order valence-corrected chi connectivity index (χ0v) is 10.2. The maximum absolute atomic E-state index is 10.7. The molecule has 0 fully saturated rings. The maximum atomic E-state index is 10.7.